The van der Waals surface area contributed by atoms with E-state index in [9.17, 15) is 9.18 Å². The van der Waals surface area contributed by atoms with E-state index in [1.165, 1.54) is 12.3 Å². The van der Waals surface area contributed by atoms with Crippen LogP contribution in [0.15, 0.2) is 18.3 Å². The van der Waals surface area contributed by atoms with E-state index in [1.807, 2.05) is 20.8 Å². The molecule has 0 aliphatic carbocycles. The molecule has 6 heteroatoms. The summed E-state index contributed by atoms with van der Waals surface area (Å²) in [6.45, 7) is 8.95. The van der Waals surface area contributed by atoms with Crippen LogP contribution in [0, 0.1) is 5.82 Å². The molecule has 23 heavy (non-hydrogen) atoms. The van der Waals surface area contributed by atoms with Gasteiger partial charge in [0.05, 0.1) is 11.9 Å². The van der Waals surface area contributed by atoms with Gasteiger partial charge in [0.25, 0.3) is 0 Å². The normalized spacial score (nSPS) is 19.7. The van der Waals surface area contributed by atoms with Crippen LogP contribution in [0.4, 0.5) is 9.18 Å². The van der Waals surface area contributed by atoms with E-state index >= 15 is 0 Å². The zero-order valence-electron chi connectivity index (χ0n) is 14.3. The van der Waals surface area contributed by atoms with Crippen LogP contribution >= 0.6 is 0 Å². The van der Waals surface area contributed by atoms with Gasteiger partial charge in [0, 0.05) is 25.2 Å². The minimum absolute atomic E-state index is 0.0548. The van der Waals surface area contributed by atoms with Gasteiger partial charge in [-0.3, -0.25) is 4.98 Å². The molecule has 0 unspecified atom stereocenters. The number of hydrogen-bond donors (Lipinski definition) is 1. The number of carbonyl (C=O) groups excluding carboxylic acids is 1. The Kier molecular flexibility index (Phi) is 5.57. The zero-order chi connectivity index (χ0) is 17.0. The number of likely N-dealkylation sites (tertiary alicyclic amines) is 1. The Balaban J connectivity index is 1.91. The summed E-state index contributed by atoms with van der Waals surface area (Å²) < 4.78 is 18.4. The fourth-order valence-electron chi connectivity index (χ4n) is 2.68. The molecule has 1 amide bonds. The third kappa shape index (κ3) is 5.16. The molecule has 5 nitrogen and oxygen atoms in total. The molecule has 128 valence electrons. The van der Waals surface area contributed by atoms with Crippen molar-refractivity contribution < 1.29 is 13.9 Å². The SMILES string of the molecule is CC[C@H](N[C@H]1CCN(C(=O)OC(C)(C)C)C1)c1ccc(F)cn1. The molecule has 1 N–H and O–H groups in total. The summed E-state index contributed by atoms with van der Waals surface area (Å²) in [5.41, 5.74) is 0.344. The number of carbonyl (C=O) groups is 1. The lowest BCUT2D eigenvalue weighted by Crippen LogP contribution is -2.39. The Morgan fingerprint density at radius 1 is 1.52 bits per heavy atom. The first kappa shape index (κ1) is 17.7. The first-order valence-corrected chi connectivity index (χ1v) is 8.14. The van der Waals surface area contributed by atoms with Crippen molar-refractivity contribution in [1.29, 1.82) is 0 Å². The van der Waals surface area contributed by atoms with Crippen molar-refractivity contribution in [3.63, 3.8) is 0 Å². The molecule has 2 heterocycles. The number of nitrogens with one attached hydrogen (secondary N) is 1. The Hall–Kier alpha value is -1.69. The Labute approximate surface area is 137 Å². The van der Waals surface area contributed by atoms with E-state index < -0.39 is 5.60 Å². The summed E-state index contributed by atoms with van der Waals surface area (Å²) in [7, 11) is 0. The predicted molar refractivity (Wildman–Crippen MR) is 86.6 cm³/mol. The first-order valence-electron chi connectivity index (χ1n) is 8.14. The molecule has 1 aromatic heterocycles. The Bertz CT molecular complexity index is 528. The monoisotopic (exact) mass is 323 g/mol. The lowest BCUT2D eigenvalue weighted by molar-refractivity contribution is 0.0290. The van der Waals surface area contributed by atoms with Crippen LogP contribution in [0.1, 0.15) is 52.3 Å². The van der Waals surface area contributed by atoms with E-state index in [2.05, 4.69) is 17.2 Å². The van der Waals surface area contributed by atoms with Gasteiger partial charge in [0.1, 0.15) is 11.4 Å². The van der Waals surface area contributed by atoms with Crippen molar-refractivity contribution in [2.75, 3.05) is 13.1 Å². The summed E-state index contributed by atoms with van der Waals surface area (Å²) in [5, 5.41) is 3.51. The third-order valence-electron chi connectivity index (χ3n) is 3.79. The average molecular weight is 323 g/mol. The highest BCUT2D eigenvalue weighted by Crippen LogP contribution is 2.20. The molecule has 0 bridgehead atoms. The second kappa shape index (κ2) is 7.25. The molecule has 1 aliphatic heterocycles. The van der Waals surface area contributed by atoms with Crippen LogP contribution in [-0.4, -0.2) is 40.7 Å². The summed E-state index contributed by atoms with van der Waals surface area (Å²) in [4.78, 5) is 18.0. The fourth-order valence-corrected chi connectivity index (χ4v) is 2.68. The number of halogens is 1. The maximum Gasteiger partial charge on any atom is 0.410 e. The molecule has 0 radical (unpaired) electrons. The van der Waals surface area contributed by atoms with E-state index in [4.69, 9.17) is 4.74 Å². The smallest absolute Gasteiger partial charge is 0.410 e. The molecule has 2 atom stereocenters. The molecule has 0 aromatic carbocycles. The second-order valence-electron chi connectivity index (χ2n) is 6.94. The molecule has 0 spiro atoms. The van der Waals surface area contributed by atoms with Gasteiger partial charge in [-0.2, -0.15) is 0 Å². The minimum atomic E-state index is -0.480. The molecule has 0 saturated carbocycles. The maximum atomic E-state index is 13.0. The molecule has 1 aromatic rings. The quantitative estimate of drug-likeness (QED) is 0.924. The molecule has 2 rings (SSSR count). The van der Waals surface area contributed by atoms with Crippen molar-refractivity contribution in [3.05, 3.63) is 29.8 Å². The summed E-state index contributed by atoms with van der Waals surface area (Å²) >= 11 is 0. The summed E-state index contributed by atoms with van der Waals surface area (Å²) in [6.07, 6.45) is 2.69. The predicted octanol–water partition coefficient (Wildman–Crippen LogP) is 3.27. The van der Waals surface area contributed by atoms with E-state index in [-0.39, 0.29) is 24.0 Å². The standard InChI is InChI=1S/C17H26FN3O2/c1-5-14(15-7-6-12(18)10-19-15)20-13-8-9-21(11-13)16(22)23-17(2,3)4/h6-7,10,13-14,20H,5,8-9,11H2,1-4H3/t13-,14-/m0/s1. The van der Waals surface area contributed by atoms with Crippen LogP contribution in [0.25, 0.3) is 0 Å². The Morgan fingerprint density at radius 3 is 2.83 bits per heavy atom. The largest absolute Gasteiger partial charge is 0.444 e. The van der Waals surface area contributed by atoms with Crippen molar-refractivity contribution in [3.8, 4) is 0 Å². The summed E-state index contributed by atoms with van der Waals surface area (Å²) in [5.74, 6) is -0.333. The van der Waals surface area contributed by atoms with Crippen LogP contribution in [0.5, 0.6) is 0 Å². The maximum absolute atomic E-state index is 13.0. The topological polar surface area (TPSA) is 54.5 Å². The number of aromatic nitrogens is 1. The number of amides is 1. The van der Waals surface area contributed by atoms with Gasteiger partial charge in [-0.15, -0.1) is 0 Å². The highest BCUT2D eigenvalue weighted by molar-refractivity contribution is 5.68. The zero-order valence-corrected chi connectivity index (χ0v) is 14.3. The fraction of sp³-hybridized carbons (Fsp3) is 0.647. The van der Waals surface area contributed by atoms with Crippen LogP contribution in [-0.2, 0) is 4.74 Å². The molecule has 1 fully saturated rings. The molecular weight excluding hydrogens is 297 g/mol. The lowest BCUT2D eigenvalue weighted by Gasteiger charge is -2.25. The second-order valence-corrected chi connectivity index (χ2v) is 6.94. The van der Waals surface area contributed by atoms with Crippen molar-refractivity contribution >= 4 is 6.09 Å². The lowest BCUT2D eigenvalue weighted by atomic mass is 10.1. The van der Waals surface area contributed by atoms with Gasteiger partial charge in [0.2, 0.25) is 0 Å². The van der Waals surface area contributed by atoms with Crippen molar-refractivity contribution in [2.45, 2.75) is 58.2 Å². The minimum Gasteiger partial charge on any atom is -0.444 e. The highest BCUT2D eigenvalue weighted by atomic mass is 19.1. The van der Waals surface area contributed by atoms with Gasteiger partial charge >= 0.3 is 6.09 Å². The van der Waals surface area contributed by atoms with Gasteiger partial charge < -0.3 is 15.0 Å². The number of nitrogens with zero attached hydrogens (tertiary/aromatic N) is 2. The van der Waals surface area contributed by atoms with Crippen LogP contribution in [0.2, 0.25) is 0 Å². The number of hydrogen-bond acceptors (Lipinski definition) is 4. The number of ether oxygens (including phenoxy) is 1. The molecule has 1 aliphatic rings. The van der Waals surface area contributed by atoms with E-state index in [0.717, 1.165) is 18.5 Å². The van der Waals surface area contributed by atoms with Gasteiger partial charge in [-0.25, -0.2) is 9.18 Å². The van der Waals surface area contributed by atoms with E-state index in [1.54, 1.807) is 11.0 Å². The molecular formula is C17H26FN3O2. The Morgan fingerprint density at radius 2 is 2.26 bits per heavy atom. The average Bonchev–Trinajstić information content (AvgIpc) is 2.93. The van der Waals surface area contributed by atoms with Crippen molar-refractivity contribution in [1.82, 2.24) is 15.2 Å². The summed E-state index contributed by atoms with van der Waals surface area (Å²) in [6, 6.07) is 3.38. The number of pyridine rings is 1. The molecule has 1 saturated heterocycles. The van der Waals surface area contributed by atoms with Gasteiger partial charge in [0.15, 0.2) is 0 Å². The highest BCUT2D eigenvalue weighted by Gasteiger charge is 2.30. The number of rotatable bonds is 4. The van der Waals surface area contributed by atoms with Crippen molar-refractivity contribution in [2.24, 2.45) is 0 Å². The van der Waals surface area contributed by atoms with Gasteiger partial charge in [-0.05, 0) is 45.7 Å². The van der Waals surface area contributed by atoms with Crippen LogP contribution < -0.4 is 5.32 Å². The third-order valence-corrected chi connectivity index (χ3v) is 3.79. The first-order chi connectivity index (χ1) is 10.8. The van der Waals surface area contributed by atoms with Gasteiger partial charge in [-0.1, -0.05) is 6.92 Å². The van der Waals surface area contributed by atoms with Crippen LogP contribution in [0.3, 0.4) is 0 Å². The van der Waals surface area contributed by atoms with E-state index in [0.29, 0.717) is 13.1 Å².